The number of aromatic nitrogens is 2. The Morgan fingerprint density at radius 1 is 1.09 bits per heavy atom. The van der Waals surface area contributed by atoms with Crippen molar-refractivity contribution >= 4 is 5.82 Å². The number of benzene rings is 1. The Morgan fingerprint density at radius 2 is 1.86 bits per heavy atom. The zero-order valence-electron chi connectivity index (χ0n) is 13.1. The van der Waals surface area contributed by atoms with Crippen molar-refractivity contribution in [2.75, 3.05) is 18.5 Å². The zero-order chi connectivity index (χ0) is 15.8. The number of nitrogens with one attached hydrogen (secondary N) is 1. The Labute approximate surface area is 130 Å². The van der Waals surface area contributed by atoms with Crippen LogP contribution in [-0.4, -0.2) is 23.1 Å². The van der Waals surface area contributed by atoms with Gasteiger partial charge in [-0.2, -0.15) is 4.98 Å². The Hall–Kier alpha value is -2.17. The third-order valence-corrected chi connectivity index (χ3v) is 3.15. The molecule has 1 aromatic heterocycles. The number of hydrogen-bond donors (Lipinski definition) is 1. The van der Waals surface area contributed by atoms with E-state index in [1.807, 2.05) is 13.0 Å². The number of nitrogens with zero attached hydrogens (tertiary/aromatic N) is 2. The quantitative estimate of drug-likeness (QED) is 0.809. The monoisotopic (exact) mass is 303 g/mol. The summed E-state index contributed by atoms with van der Waals surface area (Å²) in [6.07, 6.45) is 2.62. The van der Waals surface area contributed by atoms with E-state index >= 15 is 0 Å². The van der Waals surface area contributed by atoms with Crippen LogP contribution in [0.25, 0.3) is 0 Å². The summed E-state index contributed by atoms with van der Waals surface area (Å²) in [5, 5.41) is 3.28. The van der Waals surface area contributed by atoms with Gasteiger partial charge >= 0.3 is 0 Å². The van der Waals surface area contributed by atoms with E-state index in [0.29, 0.717) is 12.5 Å². The molecule has 2 aromatic rings. The van der Waals surface area contributed by atoms with E-state index in [-0.39, 0.29) is 5.82 Å². The first kappa shape index (κ1) is 16.2. The lowest BCUT2D eigenvalue weighted by Crippen LogP contribution is -2.09. The van der Waals surface area contributed by atoms with Crippen LogP contribution in [0.4, 0.5) is 10.2 Å². The first-order valence-corrected chi connectivity index (χ1v) is 7.70. The Morgan fingerprint density at radius 3 is 2.55 bits per heavy atom. The maximum Gasteiger partial charge on any atom is 0.218 e. The van der Waals surface area contributed by atoms with Crippen LogP contribution in [0.5, 0.6) is 5.88 Å². The van der Waals surface area contributed by atoms with Gasteiger partial charge in [0.15, 0.2) is 0 Å². The van der Waals surface area contributed by atoms with Crippen molar-refractivity contribution in [2.45, 2.75) is 33.1 Å². The van der Waals surface area contributed by atoms with Crippen molar-refractivity contribution in [1.29, 1.82) is 0 Å². The van der Waals surface area contributed by atoms with Gasteiger partial charge in [0, 0.05) is 19.0 Å². The van der Waals surface area contributed by atoms with Gasteiger partial charge in [-0.05, 0) is 37.5 Å². The fourth-order valence-electron chi connectivity index (χ4n) is 2.11. The SMILES string of the molecule is CCCc1nc(NCCc2ccc(F)cc2)cc(OCC)n1. The molecule has 22 heavy (non-hydrogen) atoms. The Kier molecular flexibility index (Phi) is 6.13. The summed E-state index contributed by atoms with van der Waals surface area (Å²) in [5.74, 6) is 1.95. The summed E-state index contributed by atoms with van der Waals surface area (Å²) >= 11 is 0. The van der Waals surface area contributed by atoms with Crippen LogP contribution in [0.15, 0.2) is 30.3 Å². The molecule has 0 bridgehead atoms. The molecular weight excluding hydrogens is 281 g/mol. The molecule has 118 valence electrons. The van der Waals surface area contributed by atoms with E-state index in [9.17, 15) is 4.39 Å². The standard InChI is InChI=1S/C17H22FN3O/c1-3-5-15-20-16(12-17(21-15)22-4-2)19-11-10-13-6-8-14(18)9-7-13/h6-9,12H,3-5,10-11H2,1-2H3,(H,19,20,21). The summed E-state index contributed by atoms with van der Waals surface area (Å²) in [5.41, 5.74) is 1.08. The molecule has 0 atom stereocenters. The van der Waals surface area contributed by atoms with E-state index in [4.69, 9.17) is 4.74 Å². The second kappa shape index (κ2) is 8.32. The molecule has 1 heterocycles. The van der Waals surface area contributed by atoms with Gasteiger partial charge in [0.05, 0.1) is 6.61 Å². The molecule has 0 aliphatic carbocycles. The smallest absolute Gasteiger partial charge is 0.218 e. The third kappa shape index (κ3) is 4.98. The van der Waals surface area contributed by atoms with Gasteiger partial charge in [-0.3, -0.25) is 0 Å². The van der Waals surface area contributed by atoms with Crippen molar-refractivity contribution in [2.24, 2.45) is 0 Å². The average Bonchev–Trinajstić information content (AvgIpc) is 2.50. The normalized spacial score (nSPS) is 10.5. The average molecular weight is 303 g/mol. The molecule has 0 saturated heterocycles. The molecule has 0 saturated carbocycles. The van der Waals surface area contributed by atoms with Gasteiger partial charge < -0.3 is 10.1 Å². The summed E-state index contributed by atoms with van der Waals surface area (Å²) < 4.78 is 18.3. The van der Waals surface area contributed by atoms with E-state index in [1.165, 1.54) is 12.1 Å². The first-order valence-electron chi connectivity index (χ1n) is 7.70. The molecular formula is C17H22FN3O. The van der Waals surface area contributed by atoms with Crippen molar-refractivity contribution in [3.63, 3.8) is 0 Å². The van der Waals surface area contributed by atoms with E-state index in [1.54, 1.807) is 12.1 Å². The van der Waals surface area contributed by atoms with Crippen LogP contribution in [0.1, 0.15) is 31.7 Å². The van der Waals surface area contributed by atoms with Crippen LogP contribution in [0.3, 0.4) is 0 Å². The lowest BCUT2D eigenvalue weighted by atomic mass is 10.1. The van der Waals surface area contributed by atoms with E-state index in [0.717, 1.165) is 43.0 Å². The fraction of sp³-hybridized carbons (Fsp3) is 0.412. The highest BCUT2D eigenvalue weighted by Gasteiger charge is 2.05. The van der Waals surface area contributed by atoms with Crippen molar-refractivity contribution < 1.29 is 9.13 Å². The summed E-state index contributed by atoms with van der Waals surface area (Å²) in [7, 11) is 0. The van der Waals surface area contributed by atoms with Crippen LogP contribution in [0, 0.1) is 5.82 Å². The molecule has 0 spiro atoms. The number of anilines is 1. The van der Waals surface area contributed by atoms with Crippen molar-refractivity contribution in [3.05, 3.63) is 47.5 Å². The molecule has 2 rings (SSSR count). The van der Waals surface area contributed by atoms with Crippen LogP contribution >= 0.6 is 0 Å². The molecule has 0 unspecified atom stereocenters. The van der Waals surface area contributed by atoms with Crippen LogP contribution < -0.4 is 10.1 Å². The number of hydrogen-bond acceptors (Lipinski definition) is 4. The molecule has 0 aliphatic heterocycles. The third-order valence-electron chi connectivity index (χ3n) is 3.15. The highest BCUT2D eigenvalue weighted by Crippen LogP contribution is 2.15. The molecule has 0 fully saturated rings. The lowest BCUT2D eigenvalue weighted by molar-refractivity contribution is 0.325. The van der Waals surface area contributed by atoms with Crippen LogP contribution in [0.2, 0.25) is 0 Å². The highest BCUT2D eigenvalue weighted by molar-refractivity contribution is 5.38. The van der Waals surface area contributed by atoms with Gasteiger partial charge in [-0.25, -0.2) is 9.37 Å². The Balaban J connectivity index is 1.97. The largest absolute Gasteiger partial charge is 0.478 e. The zero-order valence-corrected chi connectivity index (χ0v) is 13.1. The minimum Gasteiger partial charge on any atom is -0.478 e. The summed E-state index contributed by atoms with van der Waals surface area (Å²) in [4.78, 5) is 8.86. The van der Waals surface area contributed by atoms with E-state index < -0.39 is 0 Å². The summed E-state index contributed by atoms with van der Waals surface area (Å²) in [6, 6.07) is 8.36. The van der Waals surface area contributed by atoms with Crippen molar-refractivity contribution in [3.8, 4) is 5.88 Å². The summed E-state index contributed by atoms with van der Waals surface area (Å²) in [6.45, 7) is 5.33. The maximum atomic E-state index is 12.9. The second-order valence-electron chi connectivity index (χ2n) is 4.99. The van der Waals surface area contributed by atoms with Gasteiger partial charge in [0.2, 0.25) is 5.88 Å². The minimum atomic E-state index is -0.210. The predicted octanol–water partition coefficient (Wildman–Crippen LogP) is 3.62. The predicted molar refractivity (Wildman–Crippen MR) is 85.8 cm³/mol. The molecule has 1 N–H and O–H groups in total. The van der Waals surface area contributed by atoms with Gasteiger partial charge in [-0.15, -0.1) is 0 Å². The molecule has 0 radical (unpaired) electrons. The molecule has 0 aliphatic rings. The number of halogens is 1. The fourth-order valence-corrected chi connectivity index (χ4v) is 2.11. The van der Waals surface area contributed by atoms with Crippen LogP contribution in [-0.2, 0) is 12.8 Å². The molecule has 1 aromatic carbocycles. The molecule has 0 amide bonds. The maximum absolute atomic E-state index is 12.9. The first-order chi connectivity index (χ1) is 10.7. The number of aryl methyl sites for hydroxylation is 1. The van der Waals surface area contributed by atoms with Gasteiger partial charge in [-0.1, -0.05) is 19.1 Å². The van der Waals surface area contributed by atoms with E-state index in [2.05, 4.69) is 22.2 Å². The van der Waals surface area contributed by atoms with Crippen molar-refractivity contribution in [1.82, 2.24) is 9.97 Å². The van der Waals surface area contributed by atoms with Gasteiger partial charge in [0.1, 0.15) is 17.5 Å². The molecule has 4 nitrogen and oxygen atoms in total. The topological polar surface area (TPSA) is 47.0 Å². The Bertz CT molecular complexity index is 563. The molecule has 5 heteroatoms. The number of rotatable bonds is 8. The minimum absolute atomic E-state index is 0.210. The van der Waals surface area contributed by atoms with Gasteiger partial charge in [0.25, 0.3) is 0 Å². The highest BCUT2D eigenvalue weighted by atomic mass is 19.1. The second-order valence-corrected chi connectivity index (χ2v) is 4.99. The number of ether oxygens (including phenoxy) is 1. The lowest BCUT2D eigenvalue weighted by Gasteiger charge is -2.10.